The van der Waals surface area contributed by atoms with Crippen molar-refractivity contribution in [2.45, 2.75) is 46.8 Å². The van der Waals surface area contributed by atoms with Gasteiger partial charge in [0.2, 0.25) is 0 Å². The second-order valence-corrected chi connectivity index (χ2v) is 5.22. The molecule has 0 aromatic heterocycles. The van der Waals surface area contributed by atoms with Crippen molar-refractivity contribution in [2.24, 2.45) is 11.8 Å². The smallest absolute Gasteiger partial charge is 0.0828 e. The molecule has 0 aliphatic carbocycles. The van der Waals surface area contributed by atoms with Crippen LogP contribution in [-0.4, -0.2) is 36.7 Å². The lowest BCUT2D eigenvalue weighted by Crippen LogP contribution is -2.55. The van der Waals surface area contributed by atoms with E-state index in [1.54, 1.807) is 0 Å². The molecule has 0 aromatic carbocycles. The maximum absolute atomic E-state index is 5.84. The van der Waals surface area contributed by atoms with Crippen molar-refractivity contribution >= 4 is 0 Å². The highest BCUT2D eigenvalue weighted by Gasteiger charge is 2.29. The Labute approximate surface area is 88.6 Å². The second kappa shape index (κ2) is 5.13. The topological polar surface area (TPSA) is 12.5 Å². The van der Waals surface area contributed by atoms with E-state index in [4.69, 9.17) is 4.74 Å². The van der Waals surface area contributed by atoms with Crippen LogP contribution in [0.4, 0.5) is 0 Å². The molecule has 0 bridgehead atoms. The lowest BCUT2D eigenvalue weighted by Gasteiger charge is -2.42. The Balaban J connectivity index is 2.06. The van der Waals surface area contributed by atoms with Gasteiger partial charge in [-0.2, -0.15) is 0 Å². The summed E-state index contributed by atoms with van der Waals surface area (Å²) >= 11 is 0. The Morgan fingerprint density at radius 3 is 2.14 bits per heavy atom. The molecule has 1 saturated heterocycles. The number of hydrogen-bond donors (Lipinski definition) is 0. The number of ether oxygens (including phenoxy) is 1. The fourth-order valence-electron chi connectivity index (χ4n) is 1.48. The van der Waals surface area contributed by atoms with Gasteiger partial charge in [0.1, 0.15) is 0 Å². The van der Waals surface area contributed by atoms with Crippen molar-refractivity contribution in [1.29, 1.82) is 0 Å². The highest BCUT2D eigenvalue weighted by molar-refractivity contribution is 4.82. The van der Waals surface area contributed by atoms with Gasteiger partial charge in [0.15, 0.2) is 0 Å². The molecule has 2 heteroatoms. The van der Waals surface area contributed by atoms with Crippen LogP contribution in [0.15, 0.2) is 0 Å². The highest BCUT2D eigenvalue weighted by atomic mass is 16.5. The van der Waals surface area contributed by atoms with Gasteiger partial charge in [-0.3, -0.25) is 4.90 Å². The van der Waals surface area contributed by atoms with Crippen LogP contribution < -0.4 is 0 Å². The Kier molecular flexibility index (Phi) is 4.39. The molecule has 1 fully saturated rings. The number of hydrogen-bond acceptors (Lipinski definition) is 2. The van der Waals surface area contributed by atoms with E-state index in [9.17, 15) is 0 Å². The van der Waals surface area contributed by atoms with Crippen molar-refractivity contribution in [1.82, 2.24) is 4.90 Å². The second-order valence-electron chi connectivity index (χ2n) is 5.22. The molecule has 84 valence electrons. The molecule has 1 aliphatic heterocycles. The molecule has 0 amide bonds. The van der Waals surface area contributed by atoms with Crippen LogP contribution in [0.2, 0.25) is 0 Å². The molecule has 1 heterocycles. The average Bonchev–Trinajstić information content (AvgIpc) is 1.99. The van der Waals surface area contributed by atoms with Crippen molar-refractivity contribution in [3.05, 3.63) is 0 Å². The SMILES string of the molecule is CC(C)C(C)COC1CN(C(C)C)C1. The number of nitrogens with zero attached hydrogens (tertiary/aromatic N) is 1. The zero-order valence-electron chi connectivity index (χ0n) is 10.3. The summed E-state index contributed by atoms with van der Waals surface area (Å²) in [7, 11) is 0. The Morgan fingerprint density at radius 1 is 1.14 bits per heavy atom. The molecular formula is C12H25NO. The molecule has 0 N–H and O–H groups in total. The van der Waals surface area contributed by atoms with E-state index in [0.717, 1.165) is 25.6 Å². The lowest BCUT2D eigenvalue weighted by atomic mass is 9.99. The molecule has 1 atom stereocenters. The van der Waals surface area contributed by atoms with Gasteiger partial charge < -0.3 is 4.74 Å². The normalized spacial score (nSPS) is 21.6. The van der Waals surface area contributed by atoms with Crippen molar-refractivity contribution in [3.8, 4) is 0 Å². The first kappa shape index (κ1) is 12.0. The molecule has 1 unspecified atom stereocenters. The highest BCUT2D eigenvalue weighted by Crippen LogP contribution is 2.17. The molecule has 0 aromatic rings. The molecule has 2 nitrogen and oxygen atoms in total. The minimum Gasteiger partial charge on any atom is -0.375 e. The number of rotatable bonds is 5. The Hall–Kier alpha value is -0.0800. The predicted octanol–water partition coefficient (Wildman–Crippen LogP) is 2.39. The Morgan fingerprint density at radius 2 is 1.71 bits per heavy atom. The van der Waals surface area contributed by atoms with E-state index in [1.165, 1.54) is 0 Å². The van der Waals surface area contributed by atoms with Crippen LogP contribution in [0.1, 0.15) is 34.6 Å². The van der Waals surface area contributed by atoms with Crippen LogP contribution >= 0.6 is 0 Å². The third-order valence-electron chi connectivity index (χ3n) is 3.34. The summed E-state index contributed by atoms with van der Waals surface area (Å²) in [6.07, 6.45) is 0.499. The van der Waals surface area contributed by atoms with E-state index >= 15 is 0 Å². The lowest BCUT2D eigenvalue weighted by molar-refractivity contribution is -0.0785. The monoisotopic (exact) mass is 199 g/mol. The fraction of sp³-hybridized carbons (Fsp3) is 1.00. The molecule has 14 heavy (non-hydrogen) atoms. The Bertz CT molecular complexity index is 162. The molecule has 1 aliphatic rings. The maximum Gasteiger partial charge on any atom is 0.0828 e. The molecule has 0 spiro atoms. The zero-order valence-corrected chi connectivity index (χ0v) is 10.3. The minimum atomic E-state index is 0.499. The summed E-state index contributed by atoms with van der Waals surface area (Å²) in [6, 6.07) is 0.678. The first-order valence-corrected chi connectivity index (χ1v) is 5.86. The minimum absolute atomic E-state index is 0.499. The largest absolute Gasteiger partial charge is 0.375 e. The van der Waals surface area contributed by atoms with Crippen LogP contribution in [0.25, 0.3) is 0 Å². The summed E-state index contributed by atoms with van der Waals surface area (Å²) in [6.45, 7) is 14.5. The van der Waals surface area contributed by atoms with E-state index < -0.39 is 0 Å². The average molecular weight is 199 g/mol. The van der Waals surface area contributed by atoms with Gasteiger partial charge in [-0.25, -0.2) is 0 Å². The first-order chi connectivity index (χ1) is 6.50. The van der Waals surface area contributed by atoms with Crippen LogP contribution in [0.3, 0.4) is 0 Å². The van der Waals surface area contributed by atoms with Gasteiger partial charge in [0.25, 0.3) is 0 Å². The summed E-state index contributed by atoms with van der Waals surface area (Å²) < 4.78 is 5.84. The predicted molar refractivity (Wildman–Crippen MR) is 60.5 cm³/mol. The molecule has 0 saturated carbocycles. The summed E-state index contributed by atoms with van der Waals surface area (Å²) in [5.41, 5.74) is 0. The van der Waals surface area contributed by atoms with Crippen molar-refractivity contribution in [2.75, 3.05) is 19.7 Å². The quantitative estimate of drug-likeness (QED) is 0.674. The van der Waals surface area contributed by atoms with Gasteiger partial charge >= 0.3 is 0 Å². The zero-order chi connectivity index (χ0) is 10.7. The summed E-state index contributed by atoms with van der Waals surface area (Å²) in [5.74, 6) is 1.42. The summed E-state index contributed by atoms with van der Waals surface area (Å²) in [4.78, 5) is 2.45. The standard InChI is InChI=1S/C12H25NO/c1-9(2)11(5)8-14-12-6-13(7-12)10(3)4/h9-12H,6-8H2,1-5H3. The van der Waals surface area contributed by atoms with Crippen LogP contribution in [0, 0.1) is 11.8 Å². The van der Waals surface area contributed by atoms with E-state index in [0.29, 0.717) is 18.1 Å². The molecule has 1 rings (SSSR count). The fourth-order valence-corrected chi connectivity index (χ4v) is 1.48. The van der Waals surface area contributed by atoms with Crippen molar-refractivity contribution < 1.29 is 4.74 Å². The first-order valence-electron chi connectivity index (χ1n) is 5.86. The van der Waals surface area contributed by atoms with Crippen LogP contribution in [0.5, 0.6) is 0 Å². The van der Waals surface area contributed by atoms with Gasteiger partial charge in [0, 0.05) is 25.7 Å². The maximum atomic E-state index is 5.84. The third-order valence-corrected chi connectivity index (χ3v) is 3.34. The van der Waals surface area contributed by atoms with Crippen LogP contribution in [-0.2, 0) is 4.74 Å². The summed E-state index contributed by atoms with van der Waals surface area (Å²) in [5, 5.41) is 0. The van der Waals surface area contributed by atoms with Gasteiger partial charge in [0.05, 0.1) is 6.10 Å². The van der Waals surface area contributed by atoms with Gasteiger partial charge in [-0.05, 0) is 25.7 Å². The van der Waals surface area contributed by atoms with E-state index in [2.05, 4.69) is 39.5 Å². The van der Waals surface area contributed by atoms with Gasteiger partial charge in [-0.1, -0.05) is 20.8 Å². The molecule has 0 radical (unpaired) electrons. The third kappa shape index (κ3) is 3.25. The van der Waals surface area contributed by atoms with E-state index in [-0.39, 0.29) is 0 Å². The van der Waals surface area contributed by atoms with Gasteiger partial charge in [-0.15, -0.1) is 0 Å². The van der Waals surface area contributed by atoms with Crippen molar-refractivity contribution in [3.63, 3.8) is 0 Å². The molecular weight excluding hydrogens is 174 g/mol. The number of likely N-dealkylation sites (tertiary alicyclic amines) is 1. The van der Waals surface area contributed by atoms with E-state index in [1.807, 2.05) is 0 Å².